The maximum atomic E-state index is 13.0. The topological polar surface area (TPSA) is 128 Å². The highest BCUT2D eigenvalue weighted by Crippen LogP contribution is 2.44. The van der Waals surface area contributed by atoms with Crippen molar-refractivity contribution in [2.75, 3.05) is 6.54 Å². The Kier molecular flexibility index (Phi) is 7.24. The Labute approximate surface area is 197 Å². The molecule has 0 spiro atoms. The van der Waals surface area contributed by atoms with E-state index in [1.165, 1.54) is 0 Å². The van der Waals surface area contributed by atoms with Crippen LogP contribution in [0.15, 0.2) is 36.4 Å². The summed E-state index contributed by atoms with van der Waals surface area (Å²) in [4.78, 5) is 46.8. The molecule has 0 bridgehead atoms. The van der Waals surface area contributed by atoms with Crippen molar-refractivity contribution < 1.29 is 38.5 Å². The van der Waals surface area contributed by atoms with Crippen LogP contribution >= 0.6 is 0 Å². The van der Waals surface area contributed by atoms with Gasteiger partial charge in [-0.1, -0.05) is 12.1 Å². The number of carbonyl (C=O) groups is 4. The summed E-state index contributed by atoms with van der Waals surface area (Å²) < 4.78 is 15.2. The minimum absolute atomic E-state index is 0.0271. The number of carbonyl (C=O) groups excluding carboxylic acids is 3. The Balaban J connectivity index is 2.09. The molecule has 1 amide bonds. The molecule has 0 saturated heterocycles. The van der Waals surface area contributed by atoms with Gasteiger partial charge >= 0.3 is 12.1 Å². The first-order valence-electron chi connectivity index (χ1n) is 10.8. The summed E-state index contributed by atoms with van der Waals surface area (Å²) in [5, 5.41) is 13.2. The predicted octanol–water partition coefficient (Wildman–Crippen LogP) is 3.14. The van der Waals surface area contributed by atoms with Crippen molar-refractivity contribution >= 4 is 25.0 Å². The maximum Gasteiger partial charge on any atom is 0.407 e. The number of ether oxygens (including phenoxy) is 3. The van der Waals surface area contributed by atoms with Gasteiger partial charge in [0.05, 0.1) is 0 Å². The van der Waals surface area contributed by atoms with Crippen molar-refractivity contribution in [2.45, 2.75) is 51.0 Å². The lowest BCUT2D eigenvalue weighted by Crippen LogP contribution is -2.42. The van der Waals surface area contributed by atoms with Crippen molar-refractivity contribution in [3.8, 4) is 11.5 Å². The second kappa shape index (κ2) is 9.94. The Morgan fingerprint density at radius 3 is 1.88 bits per heavy atom. The third-order valence-corrected chi connectivity index (χ3v) is 5.64. The fourth-order valence-electron chi connectivity index (χ4n) is 4.33. The minimum Gasteiger partial charge on any atom is -0.480 e. The van der Waals surface area contributed by atoms with Crippen LogP contribution in [0.1, 0.15) is 49.4 Å². The number of nitrogens with one attached hydrogen (secondary N) is 1. The molecule has 0 aliphatic heterocycles. The summed E-state index contributed by atoms with van der Waals surface area (Å²) in [6, 6.07) is 9.67. The van der Waals surface area contributed by atoms with Gasteiger partial charge in [0.2, 0.25) is 0 Å². The van der Waals surface area contributed by atoms with E-state index >= 15 is 0 Å². The molecule has 9 heteroatoms. The number of carboxylic acids is 1. The quantitative estimate of drug-likeness (QED) is 0.565. The molecule has 1 aliphatic carbocycles. The summed E-state index contributed by atoms with van der Waals surface area (Å²) in [6.07, 6.45) is 0.324. The fourth-order valence-corrected chi connectivity index (χ4v) is 4.33. The summed E-state index contributed by atoms with van der Waals surface area (Å²) in [6.45, 7) is 5.86. The summed E-state index contributed by atoms with van der Waals surface area (Å²) in [5.41, 5.74) is 0.260. The lowest BCUT2D eigenvalue weighted by atomic mass is 9.70. The summed E-state index contributed by atoms with van der Waals surface area (Å²) in [7, 11) is 0. The average Bonchev–Trinajstić information content (AvgIpc) is 2.88. The molecule has 0 heterocycles. The van der Waals surface area contributed by atoms with Gasteiger partial charge in [-0.3, -0.25) is 14.4 Å². The molecule has 0 radical (unpaired) electrons. The van der Waals surface area contributed by atoms with Gasteiger partial charge in [-0.2, -0.15) is 0 Å². The first-order valence-corrected chi connectivity index (χ1v) is 10.8. The molecule has 0 saturated carbocycles. The monoisotopic (exact) mass is 469 g/mol. The molecule has 0 unspecified atom stereocenters. The van der Waals surface area contributed by atoms with Gasteiger partial charge < -0.3 is 24.6 Å². The van der Waals surface area contributed by atoms with Crippen LogP contribution in [0.3, 0.4) is 0 Å². The number of benzene rings is 2. The zero-order valence-electron chi connectivity index (χ0n) is 19.3. The number of aryl methyl sites for hydroxylation is 2. The van der Waals surface area contributed by atoms with Crippen LogP contribution in [0.2, 0.25) is 0 Å². The number of rotatable bonds is 8. The first kappa shape index (κ1) is 24.8. The molecule has 0 fully saturated rings. The zero-order chi connectivity index (χ0) is 24.9. The van der Waals surface area contributed by atoms with Gasteiger partial charge in [0, 0.05) is 6.54 Å². The smallest absolute Gasteiger partial charge is 0.407 e. The van der Waals surface area contributed by atoms with E-state index in [-0.39, 0.29) is 13.0 Å². The van der Waals surface area contributed by atoms with Crippen molar-refractivity contribution in [3.05, 3.63) is 58.7 Å². The minimum atomic E-state index is -1.52. The first-order chi connectivity index (χ1) is 16.1. The molecular weight excluding hydrogens is 442 g/mol. The number of fused-ring (bicyclic) bond motifs is 2. The van der Waals surface area contributed by atoms with Gasteiger partial charge in [0.25, 0.3) is 12.9 Å². The van der Waals surface area contributed by atoms with Crippen LogP contribution in [-0.4, -0.2) is 42.3 Å². The van der Waals surface area contributed by atoms with Crippen LogP contribution in [0.25, 0.3) is 0 Å². The highest BCUT2D eigenvalue weighted by Gasteiger charge is 2.46. The average molecular weight is 469 g/mol. The van der Waals surface area contributed by atoms with E-state index in [1.807, 2.05) is 0 Å². The standard InChI is InChI=1S/C25H27NO8/c1-24(2,3)34-23(31)26-11-10-25(22(29)30)20-8-6-18(32-14-27)12-16(20)4-5-17-13-19(33-15-28)7-9-21(17)25/h6-9,12-15H,4-5,10-11H2,1-3H3,(H,26,31)(H,29,30). The van der Waals surface area contributed by atoms with Crippen molar-refractivity contribution in [3.63, 3.8) is 0 Å². The molecule has 2 aromatic rings. The molecule has 0 atom stereocenters. The Hall–Kier alpha value is -3.88. The van der Waals surface area contributed by atoms with Crippen LogP contribution in [-0.2, 0) is 37.4 Å². The van der Waals surface area contributed by atoms with Crippen LogP contribution in [0.5, 0.6) is 11.5 Å². The maximum absolute atomic E-state index is 13.0. The fraction of sp³-hybridized carbons (Fsp3) is 0.360. The number of aliphatic carboxylic acids is 1. The number of amides is 1. The number of hydrogen-bond donors (Lipinski definition) is 2. The van der Waals surface area contributed by atoms with Gasteiger partial charge in [0.15, 0.2) is 0 Å². The van der Waals surface area contributed by atoms with Crippen LogP contribution in [0, 0.1) is 0 Å². The number of carboxylic acid groups (broad SMARTS) is 1. The van der Waals surface area contributed by atoms with Gasteiger partial charge in [-0.05, 0) is 86.6 Å². The lowest BCUT2D eigenvalue weighted by molar-refractivity contribution is -0.142. The van der Waals surface area contributed by atoms with Crippen LogP contribution < -0.4 is 14.8 Å². The molecule has 1 aliphatic rings. The molecule has 0 aromatic heterocycles. The number of hydrogen-bond acceptors (Lipinski definition) is 7. The zero-order valence-corrected chi connectivity index (χ0v) is 19.3. The molecule has 2 aromatic carbocycles. The van der Waals surface area contributed by atoms with E-state index in [0.29, 0.717) is 59.5 Å². The molecule has 34 heavy (non-hydrogen) atoms. The van der Waals surface area contributed by atoms with Crippen molar-refractivity contribution in [1.82, 2.24) is 5.32 Å². The summed E-state index contributed by atoms with van der Waals surface area (Å²) >= 11 is 0. The van der Waals surface area contributed by atoms with E-state index in [4.69, 9.17) is 14.2 Å². The Morgan fingerprint density at radius 2 is 1.47 bits per heavy atom. The number of alkyl carbamates (subject to hydrolysis) is 1. The molecule has 3 rings (SSSR count). The SMILES string of the molecule is CC(C)(C)OC(=O)NCCC1(C(=O)O)c2ccc(OC=O)cc2CCc2cc(OC=O)ccc21. The van der Waals surface area contributed by atoms with E-state index in [0.717, 1.165) is 0 Å². The van der Waals surface area contributed by atoms with Gasteiger partial charge in [0.1, 0.15) is 22.5 Å². The Bertz CT molecular complexity index is 1040. The van der Waals surface area contributed by atoms with E-state index < -0.39 is 23.1 Å². The highest BCUT2D eigenvalue weighted by molar-refractivity contribution is 5.88. The van der Waals surface area contributed by atoms with Gasteiger partial charge in [-0.15, -0.1) is 0 Å². The second-order valence-electron chi connectivity index (χ2n) is 8.96. The third kappa shape index (κ3) is 5.19. The largest absolute Gasteiger partial charge is 0.480 e. The normalized spacial score (nSPS) is 14.0. The lowest BCUT2D eigenvalue weighted by Gasteiger charge is -2.33. The van der Waals surface area contributed by atoms with Crippen LogP contribution in [0.4, 0.5) is 4.79 Å². The highest BCUT2D eigenvalue weighted by atomic mass is 16.6. The molecule has 9 nitrogen and oxygen atoms in total. The van der Waals surface area contributed by atoms with Crippen molar-refractivity contribution in [2.24, 2.45) is 0 Å². The molecular formula is C25H27NO8. The van der Waals surface area contributed by atoms with E-state index in [1.54, 1.807) is 57.2 Å². The van der Waals surface area contributed by atoms with E-state index in [9.17, 15) is 24.3 Å². The Morgan fingerprint density at radius 1 is 0.971 bits per heavy atom. The predicted molar refractivity (Wildman–Crippen MR) is 121 cm³/mol. The third-order valence-electron chi connectivity index (χ3n) is 5.64. The van der Waals surface area contributed by atoms with Crippen molar-refractivity contribution in [1.29, 1.82) is 0 Å². The summed E-state index contributed by atoms with van der Waals surface area (Å²) in [5.74, 6) is -0.497. The van der Waals surface area contributed by atoms with Gasteiger partial charge in [-0.25, -0.2) is 4.79 Å². The second-order valence-corrected chi connectivity index (χ2v) is 8.96. The molecule has 180 valence electrons. The van der Waals surface area contributed by atoms with E-state index in [2.05, 4.69) is 5.32 Å². The molecule has 2 N–H and O–H groups in total.